The number of hydrogen-bond acceptors (Lipinski definition) is 7. The largest absolute Gasteiger partial charge is 0.472 e. The standard InChI is InChI=1S/C18H28N2O5S/c1-12(26)24-18(4,5)16(21)19-14-10-13(20-25-14)17(2,3)11-23-15-8-6-7-9-22-15/h10,15H,6-9,11H2,1-5H3,(H,19,21)/t15-/m0/s1. The van der Waals surface area contributed by atoms with Crippen LogP contribution in [0.25, 0.3) is 0 Å². The second-order valence-electron chi connectivity index (χ2n) is 7.63. The van der Waals surface area contributed by atoms with E-state index in [0.717, 1.165) is 25.9 Å². The third-order valence-electron chi connectivity index (χ3n) is 4.15. The van der Waals surface area contributed by atoms with Crippen LogP contribution < -0.4 is 5.32 Å². The monoisotopic (exact) mass is 384 g/mol. The molecule has 1 atom stereocenters. The maximum Gasteiger partial charge on any atom is 0.270 e. The molecule has 1 aromatic rings. The van der Waals surface area contributed by atoms with Gasteiger partial charge in [0.1, 0.15) is 0 Å². The predicted molar refractivity (Wildman–Crippen MR) is 101 cm³/mol. The van der Waals surface area contributed by atoms with E-state index in [-0.39, 0.29) is 23.5 Å². The fraction of sp³-hybridized carbons (Fsp3) is 0.722. The normalized spacial score (nSPS) is 18.4. The first-order valence-corrected chi connectivity index (χ1v) is 9.22. The topological polar surface area (TPSA) is 82.8 Å². The predicted octanol–water partition coefficient (Wildman–Crippen LogP) is 3.58. The first-order valence-electron chi connectivity index (χ1n) is 8.81. The number of nitrogens with one attached hydrogen (secondary N) is 1. The van der Waals surface area contributed by atoms with E-state index in [4.69, 9.17) is 31.0 Å². The zero-order chi connectivity index (χ0) is 19.4. The van der Waals surface area contributed by atoms with Crippen LogP contribution in [-0.4, -0.2) is 41.2 Å². The second kappa shape index (κ2) is 8.45. The summed E-state index contributed by atoms with van der Waals surface area (Å²) in [7, 11) is 0. The Morgan fingerprint density at radius 2 is 2.12 bits per heavy atom. The summed E-state index contributed by atoms with van der Waals surface area (Å²) in [6.45, 7) is 10.1. The highest BCUT2D eigenvalue weighted by Crippen LogP contribution is 2.27. The molecule has 1 aliphatic rings. The Balaban J connectivity index is 1.94. The van der Waals surface area contributed by atoms with Crippen molar-refractivity contribution >= 4 is 29.1 Å². The molecule has 2 heterocycles. The van der Waals surface area contributed by atoms with Gasteiger partial charge in [-0.2, -0.15) is 0 Å². The van der Waals surface area contributed by atoms with E-state index in [1.165, 1.54) is 0 Å². The van der Waals surface area contributed by atoms with Gasteiger partial charge in [-0.3, -0.25) is 10.1 Å². The molecular weight excluding hydrogens is 356 g/mol. The second-order valence-corrected chi connectivity index (χ2v) is 8.20. The van der Waals surface area contributed by atoms with E-state index in [0.29, 0.717) is 17.4 Å². The summed E-state index contributed by atoms with van der Waals surface area (Å²) >= 11 is 4.90. The van der Waals surface area contributed by atoms with Crippen molar-refractivity contribution in [1.29, 1.82) is 0 Å². The van der Waals surface area contributed by atoms with Gasteiger partial charge in [-0.15, -0.1) is 0 Å². The minimum absolute atomic E-state index is 0.162. The number of hydrogen-bond donors (Lipinski definition) is 1. The van der Waals surface area contributed by atoms with E-state index >= 15 is 0 Å². The molecule has 26 heavy (non-hydrogen) atoms. The molecule has 8 heteroatoms. The molecule has 0 spiro atoms. The van der Waals surface area contributed by atoms with Crippen LogP contribution in [0.3, 0.4) is 0 Å². The van der Waals surface area contributed by atoms with Gasteiger partial charge in [0.15, 0.2) is 16.9 Å². The van der Waals surface area contributed by atoms with Crippen LogP contribution in [0.5, 0.6) is 0 Å². The number of carbonyl (C=O) groups excluding carboxylic acids is 1. The molecule has 0 bridgehead atoms. The maximum atomic E-state index is 12.3. The van der Waals surface area contributed by atoms with E-state index in [1.807, 2.05) is 13.8 Å². The number of nitrogens with zero attached hydrogens (tertiary/aromatic N) is 1. The highest BCUT2D eigenvalue weighted by molar-refractivity contribution is 7.80. The number of anilines is 1. The van der Waals surface area contributed by atoms with Gasteiger partial charge >= 0.3 is 0 Å². The van der Waals surface area contributed by atoms with Gasteiger partial charge in [0.2, 0.25) is 5.88 Å². The summed E-state index contributed by atoms with van der Waals surface area (Å²) < 4.78 is 22.1. The molecule has 146 valence electrons. The fourth-order valence-corrected chi connectivity index (χ4v) is 2.75. The zero-order valence-corrected chi connectivity index (χ0v) is 16.9. The van der Waals surface area contributed by atoms with Crippen molar-refractivity contribution in [3.05, 3.63) is 11.8 Å². The number of amides is 1. The summed E-state index contributed by atoms with van der Waals surface area (Å²) in [6, 6.07) is 1.70. The Hall–Kier alpha value is -1.51. The number of carbonyl (C=O) groups is 1. The lowest BCUT2D eigenvalue weighted by molar-refractivity contribution is -0.170. The third-order valence-corrected chi connectivity index (χ3v) is 4.24. The van der Waals surface area contributed by atoms with Crippen molar-refractivity contribution in [2.24, 2.45) is 0 Å². The Kier molecular flexibility index (Phi) is 6.76. The van der Waals surface area contributed by atoms with Gasteiger partial charge in [0.25, 0.3) is 5.91 Å². The number of ether oxygens (including phenoxy) is 3. The Labute approximate surface area is 159 Å². The molecule has 0 radical (unpaired) electrons. The Bertz CT molecular complexity index is 635. The van der Waals surface area contributed by atoms with Crippen LogP contribution in [0.1, 0.15) is 59.6 Å². The van der Waals surface area contributed by atoms with Gasteiger partial charge in [-0.1, -0.05) is 19.0 Å². The third kappa shape index (κ3) is 5.75. The Morgan fingerprint density at radius 3 is 2.73 bits per heavy atom. The molecule has 0 unspecified atom stereocenters. The molecule has 1 aromatic heterocycles. The van der Waals surface area contributed by atoms with Gasteiger partial charge < -0.3 is 18.7 Å². The fourth-order valence-electron chi connectivity index (χ4n) is 2.54. The molecule has 1 saturated heterocycles. The van der Waals surface area contributed by atoms with Crippen molar-refractivity contribution in [2.45, 2.75) is 71.2 Å². The molecule has 1 amide bonds. The molecule has 0 saturated carbocycles. The van der Waals surface area contributed by atoms with Crippen LogP contribution in [0.2, 0.25) is 0 Å². The summed E-state index contributed by atoms with van der Waals surface area (Å²) in [6.07, 6.45) is 2.94. The average molecular weight is 384 g/mol. The SMILES string of the molecule is CC(=S)OC(C)(C)C(=O)Nc1cc(C(C)(C)CO[C@H]2CCCCO2)no1. The number of aromatic nitrogens is 1. The van der Waals surface area contributed by atoms with Gasteiger partial charge in [-0.05, 0) is 45.3 Å². The molecule has 1 N–H and O–H groups in total. The minimum atomic E-state index is -1.10. The first-order chi connectivity index (χ1) is 12.1. The quantitative estimate of drug-likeness (QED) is 0.720. The number of thiocarbonyl (C=S) groups is 1. The molecular formula is C18H28N2O5S. The van der Waals surface area contributed by atoms with Crippen LogP contribution in [0.15, 0.2) is 10.6 Å². The molecule has 1 fully saturated rings. The molecule has 2 rings (SSSR count). The molecule has 0 aromatic carbocycles. The molecule has 0 aliphatic carbocycles. The minimum Gasteiger partial charge on any atom is -0.472 e. The highest BCUT2D eigenvalue weighted by Gasteiger charge is 2.32. The molecule has 1 aliphatic heterocycles. The van der Waals surface area contributed by atoms with E-state index in [2.05, 4.69) is 10.5 Å². The van der Waals surface area contributed by atoms with Crippen LogP contribution >= 0.6 is 12.2 Å². The zero-order valence-electron chi connectivity index (χ0n) is 16.1. The lowest BCUT2D eigenvalue weighted by Gasteiger charge is -2.28. The highest BCUT2D eigenvalue weighted by atomic mass is 32.1. The van der Waals surface area contributed by atoms with E-state index in [1.54, 1.807) is 26.8 Å². The van der Waals surface area contributed by atoms with Crippen molar-refractivity contribution < 1.29 is 23.5 Å². The smallest absolute Gasteiger partial charge is 0.270 e. The van der Waals surface area contributed by atoms with Crippen molar-refractivity contribution in [2.75, 3.05) is 18.5 Å². The Morgan fingerprint density at radius 1 is 1.38 bits per heavy atom. The van der Waals surface area contributed by atoms with Gasteiger partial charge in [0.05, 0.1) is 12.3 Å². The summed E-state index contributed by atoms with van der Waals surface area (Å²) in [4.78, 5) is 12.3. The van der Waals surface area contributed by atoms with Crippen molar-refractivity contribution in [3.8, 4) is 0 Å². The molecule has 7 nitrogen and oxygen atoms in total. The van der Waals surface area contributed by atoms with Crippen molar-refractivity contribution in [1.82, 2.24) is 5.16 Å². The van der Waals surface area contributed by atoms with Gasteiger partial charge in [0, 0.05) is 25.0 Å². The van der Waals surface area contributed by atoms with Crippen LogP contribution in [-0.2, 0) is 24.4 Å². The lowest BCUT2D eigenvalue weighted by Crippen LogP contribution is -2.40. The first kappa shape index (κ1) is 20.8. The van der Waals surface area contributed by atoms with Crippen LogP contribution in [0.4, 0.5) is 5.88 Å². The van der Waals surface area contributed by atoms with Gasteiger partial charge in [-0.25, -0.2) is 0 Å². The van der Waals surface area contributed by atoms with Crippen LogP contribution in [0, 0.1) is 0 Å². The number of rotatable bonds is 7. The van der Waals surface area contributed by atoms with E-state index in [9.17, 15) is 4.79 Å². The average Bonchev–Trinajstić information content (AvgIpc) is 3.02. The lowest BCUT2D eigenvalue weighted by atomic mass is 9.90. The maximum absolute atomic E-state index is 12.3. The summed E-state index contributed by atoms with van der Waals surface area (Å²) in [5.41, 5.74) is -0.798. The van der Waals surface area contributed by atoms with Crippen molar-refractivity contribution in [3.63, 3.8) is 0 Å². The summed E-state index contributed by atoms with van der Waals surface area (Å²) in [5, 5.41) is 7.04. The summed E-state index contributed by atoms with van der Waals surface area (Å²) in [5.74, 6) is -0.111. The van der Waals surface area contributed by atoms with E-state index < -0.39 is 5.60 Å².